The highest BCUT2D eigenvalue weighted by Gasteiger charge is 2.19. The fourth-order valence-corrected chi connectivity index (χ4v) is 10.6. The molecule has 12 aromatic carbocycles. The van der Waals surface area contributed by atoms with E-state index in [2.05, 4.69) is 276 Å². The van der Waals surface area contributed by atoms with Gasteiger partial charge in [0.15, 0.2) is 0 Å². The van der Waals surface area contributed by atoms with Crippen molar-refractivity contribution in [3.8, 4) is 27.9 Å². The lowest BCUT2D eigenvalue weighted by Crippen LogP contribution is -2.09. The first kappa shape index (κ1) is 39.4. The van der Waals surface area contributed by atoms with E-state index in [9.17, 15) is 0 Å². The van der Waals surface area contributed by atoms with Gasteiger partial charge >= 0.3 is 0 Å². The van der Waals surface area contributed by atoms with Crippen molar-refractivity contribution in [1.29, 1.82) is 0 Å². The largest absolute Gasteiger partial charge is 0.310 e. The zero-order valence-electron chi connectivity index (χ0n) is 37.3. The van der Waals surface area contributed by atoms with Crippen molar-refractivity contribution in [1.82, 2.24) is 4.57 Å². The topological polar surface area (TPSA) is 8.17 Å². The minimum atomic E-state index is 1.10. The molecule has 13 aromatic rings. The number of anilines is 3. The Morgan fingerprint density at radius 3 is 1.57 bits per heavy atom. The first-order valence-corrected chi connectivity index (χ1v) is 23.4. The van der Waals surface area contributed by atoms with Crippen molar-refractivity contribution in [2.45, 2.75) is 0 Å². The number of aromatic nitrogens is 1. The van der Waals surface area contributed by atoms with Crippen LogP contribution in [0.15, 0.2) is 255 Å². The molecule has 2 heteroatoms. The van der Waals surface area contributed by atoms with Crippen LogP contribution in [0.2, 0.25) is 0 Å². The molecule has 2 nitrogen and oxygen atoms in total. The Labute approximate surface area is 395 Å². The van der Waals surface area contributed by atoms with Crippen molar-refractivity contribution in [3.63, 3.8) is 0 Å². The minimum Gasteiger partial charge on any atom is -0.310 e. The Morgan fingerprint density at radius 1 is 0.294 bits per heavy atom. The van der Waals surface area contributed by atoms with Crippen LogP contribution in [-0.4, -0.2) is 4.57 Å². The van der Waals surface area contributed by atoms with Gasteiger partial charge in [0.05, 0.1) is 11.0 Å². The van der Waals surface area contributed by atoms with Crippen LogP contribution in [0.5, 0.6) is 0 Å². The van der Waals surface area contributed by atoms with Gasteiger partial charge in [-0.05, 0) is 149 Å². The Balaban J connectivity index is 0.824. The minimum absolute atomic E-state index is 1.10. The fraction of sp³-hybridized carbons (Fsp3) is 0. The van der Waals surface area contributed by atoms with E-state index in [1.165, 1.54) is 92.7 Å². The van der Waals surface area contributed by atoms with Crippen molar-refractivity contribution in [3.05, 3.63) is 266 Å². The van der Waals surface area contributed by atoms with Crippen LogP contribution < -0.4 is 4.90 Å². The summed E-state index contributed by atoms with van der Waals surface area (Å²) in [6, 6.07) is 92.8. The summed E-state index contributed by atoms with van der Waals surface area (Å²) in [5.74, 6) is 0. The zero-order chi connectivity index (χ0) is 45.0. The van der Waals surface area contributed by atoms with Gasteiger partial charge in [-0.1, -0.05) is 194 Å². The molecule has 0 bridgehead atoms. The van der Waals surface area contributed by atoms with Gasteiger partial charge in [-0.25, -0.2) is 0 Å². The van der Waals surface area contributed by atoms with Gasteiger partial charge in [0.25, 0.3) is 0 Å². The molecule has 13 rings (SSSR count). The second-order valence-electron chi connectivity index (χ2n) is 17.7. The molecule has 0 radical (unpaired) electrons. The average molecular weight is 865 g/mol. The third-order valence-electron chi connectivity index (χ3n) is 13.7. The van der Waals surface area contributed by atoms with Crippen LogP contribution in [0.25, 0.3) is 105 Å². The maximum Gasteiger partial charge on any atom is 0.0542 e. The summed E-state index contributed by atoms with van der Waals surface area (Å²) >= 11 is 0. The van der Waals surface area contributed by atoms with E-state index >= 15 is 0 Å². The maximum atomic E-state index is 2.37. The van der Waals surface area contributed by atoms with Gasteiger partial charge in [0, 0.05) is 33.5 Å². The zero-order valence-corrected chi connectivity index (χ0v) is 37.3. The SMILES string of the molecule is C(=C\c1ccc2cc(-c3c4ccccc4c(-c4cccc5ccccc45)c4ccccc34)ccc2c1)/c1ccc(N(c2ccccc2)c2ccc3c(c2)c2ccccc2n3-c2ccccc2)cc1. The molecule has 0 unspecified atom stereocenters. The van der Waals surface area contributed by atoms with Crippen molar-refractivity contribution in [2.75, 3.05) is 4.90 Å². The lowest BCUT2D eigenvalue weighted by atomic mass is 9.84. The number of benzene rings is 12. The molecule has 1 aromatic heterocycles. The highest BCUT2D eigenvalue weighted by atomic mass is 15.1. The molecule has 68 heavy (non-hydrogen) atoms. The Kier molecular flexibility index (Phi) is 9.54. The van der Waals surface area contributed by atoms with E-state index < -0.39 is 0 Å². The summed E-state index contributed by atoms with van der Waals surface area (Å²) < 4.78 is 2.37. The first-order chi connectivity index (χ1) is 33.7. The Hall–Kier alpha value is -8.98. The maximum absolute atomic E-state index is 2.37. The number of nitrogens with zero attached hydrogens (tertiary/aromatic N) is 2. The van der Waals surface area contributed by atoms with Gasteiger partial charge in [0.1, 0.15) is 0 Å². The number of hydrogen-bond donors (Lipinski definition) is 0. The highest BCUT2D eigenvalue weighted by Crippen LogP contribution is 2.46. The fourth-order valence-electron chi connectivity index (χ4n) is 10.6. The molecule has 0 aliphatic carbocycles. The molecule has 0 aliphatic heterocycles. The predicted octanol–water partition coefficient (Wildman–Crippen LogP) is 18.4. The van der Waals surface area contributed by atoms with E-state index in [1.807, 2.05) is 0 Å². The van der Waals surface area contributed by atoms with Crippen LogP contribution >= 0.6 is 0 Å². The highest BCUT2D eigenvalue weighted by molar-refractivity contribution is 6.24. The van der Waals surface area contributed by atoms with Gasteiger partial charge in [0.2, 0.25) is 0 Å². The van der Waals surface area contributed by atoms with Crippen LogP contribution in [0, 0.1) is 0 Å². The number of hydrogen-bond acceptors (Lipinski definition) is 1. The molecule has 0 atom stereocenters. The predicted molar refractivity (Wildman–Crippen MR) is 292 cm³/mol. The second-order valence-corrected chi connectivity index (χ2v) is 17.7. The smallest absolute Gasteiger partial charge is 0.0542 e. The number of fused-ring (bicyclic) bond motifs is 7. The molecule has 318 valence electrons. The van der Waals surface area contributed by atoms with Crippen LogP contribution in [-0.2, 0) is 0 Å². The number of rotatable bonds is 8. The van der Waals surface area contributed by atoms with Gasteiger partial charge in [-0.3, -0.25) is 0 Å². The Bertz CT molecular complexity index is 4010. The summed E-state index contributed by atoms with van der Waals surface area (Å²) in [7, 11) is 0. The molecule has 0 N–H and O–H groups in total. The van der Waals surface area contributed by atoms with Gasteiger partial charge < -0.3 is 9.47 Å². The molecular weight excluding hydrogens is 821 g/mol. The summed E-state index contributed by atoms with van der Waals surface area (Å²) in [6.45, 7) is 0. The lowest BCUT2D eigenvalue weighted by Gasteiger charge is -2.25. The van der Waals surface area contributed by atoms with E-state index in [1.54, 1.807) is 0 Å². The summed E-state index contributed by atoms with van der Waals surface area (Å²) in [4.78, 5) is 2.35. The van der Waals surface area contributed by atoms with Crippen LogP contribution in [0.3, 0.4) is 0 Å². The Morgan fingerprint density at radius 2 is 0.824 bits per heavy atom. The van der Waals surface area contributed by atoms with E-state index in [4.69, 9.17) is 0 Å². The van der Waals surface area contributed by atoms with Gasteiger partial charge in [-0.15, -0.1) is 0 Å². The normalized spacial score (nSPS) is 11.8. The first-order valence-electron chi connectivity index (χ1n) is 23.4. The van der Waals surface area contributed by atoms with E-state index in [0.717, 1.165) is 28.3 Å². The molecule has 0 saturated carbocycles. The van der Waals surface area contributed by atoms with Crippen molar-refractivity contribution in [2.24, 2.45) is 0 Å². The monoisotopic (exact) mass is 864 g/mol. The molecular formula is C66H44N2. The van der Waals surface area contributed by atoms with Crippen molar-refractivity contribution >= 4 is 94.1 Å². The standard InChI is InChI=1S/C66H44N2/c1-3-18-51(19-4-1)67(54-40-41-64-62(44-54)56-23-13-14-29-63(56)68(64)52-20-5-2-6-21-52)53-38-33-45(34-39-53)30-31-46-32-35-49-43-50(37-36-48(49)42-46)65-58-24-9-11-26-60(58)66(61-27-12-10-25-59(61)65)57-28-15-17-47-16-7-8-22-55(47)57/h1-44H/b31-30+. The summed E-state index contributed by atoms with van der Waals surface area (Å²) in [5.41, 5.74) is 14.2. The third-order valence-corrected chi connectivity index (χ3v) is 13.7. The lowest BCUT2D eigenvalue weighted by molar-refractivity contribution is 1.18. The third kappa shape index (κ3) is 6.73. The van der Waals surface area contributed by atoms with Crippen molar-refractivity contribution < 1.29 is 0 Å². The molecule has 0 saturated heterocycles. The van der Waals surface area contributed by atoms with E-state index in [0.29, 0.717) is 0 Å². The summed E-state index contributed by atoms with van der Waals surface area (Å²) in [6.07, 6.45) is 4.44. The van der Waals surface area contributed by atoms with Crippen LogP contribution in [0.4, 0.5) is 17.1 Å². The van der Waals surface area contributed by atoms with Crippen LogP contribution in [0.1, 0.15) is 11.1 Å². The second kappa shape index (κ2) is 16.5. The molecule has 0 fully saturated rings. The quantitative estimate of drug-likeness (QED) is 0.109. The molecule has 0 spiro atoms. The number of para-hydroxylation sites is 3. The average Bonchev–Trinajstić information content (AvgIpc) is 3.74. The molecule has 0 amide bonds. The van der Waals surface area contributed by atoms with Gasteiger partial charge in [-0.2, -0.15) is 0 Å². The summed E-state index contributed by atoms with van der Waals surface area (Å²) in [5, 5.41) is 12.5. The molecule has 1 heterocycles. The van der Waals surface area contributed by atoms with E-state index in [-0.39, 0.29) is 0 Å². The molecule has 0 aliphatic rings.